The van der Waals surface area contributed by atoms with Gasteiger partial charge in [-0.3, -0.25) is 4.79 Å². The van der Waals surface area contributed by atoms with Crippen LogP contribution >= 0.6 is 0 Å². The molecule has 1 heterocycles. The second kappa shape index (κ2) is 4.19. The van der Waals surface area contributed by atoms with Crippen molar-refractivity contribution in [3.8, 4) is 0 Å². The van der Waals surface area contributed by atoms with Crippen LogP contribution in [0.3, 0.4) is 0 Å². The zero-order valence-electron chi connectivity index (χ0n) is 10.1. The van der Waals surface area contributed by atoms with Crippen LogP contribution in [0.1, 0.15) is 21.5 Å². The Labute approximate surface area is 109 Å². The molecule has 2 aliphatic rings. The first-order chi connectivity index (χ1) is 9.06. The normalized spacial score (nSPS) is 16.3. The minimum Gasteiger partial charge on any atom is -0.476 e. The highest BCUT2D eigenvalue weighted by atomic mass is 19.1. The summed E-state index contributed by atoms with van der Waals surface area (Å²) in [5.41, 5.74) is 3.23. The SMILES string of the molecule is O=C(O)C(F)=C1CN(C(=O)c2ccc3c(c2)CC3)C1. The van der Waals surface area contributed by atoms with E-state index in [0.717, 1.165) is 12.8 Å². The number of aryl methyl sites for hydroxylation is 2. The van der Waals surface area contributed by atoms with Gasteiger partial charge in [-0.05, 0) is 36.1 Å². The molecular formula is C14H12FNO3. The van der Waals surface area contributed by atoms with Crippen LogP contribution in [0.2, 0.25) is 0 Å². The summed E-state index contributed by atoms with van der Waals surface area (Å²) in [6.07, 6.45) is 2.06. The molecular weight excluding hydrogens is 249 g/mol. The fourth-order valence-corrected chi connectivity index (χ4v) is 2.36. The van der Waals surface area contributed by atoms with E-state index in [4.69, 9.17) is 5.11 Å². The van der Waals surface area contributed by atoms with Crippen LogP contribution in [0, 0.1) is 0 Å². The number of hydrogen-bond donors (Lipinski definition) is 1. The van der Waals surface area contributed by atoms with Crippen molar-refractivity contribution in [3.05, 3.63) is 46.3 Å². The van der Waals surface area contributed by atoms with Gasteiger partial charge in [0.25, 0.3) is 5.91 Å². The van der Waals surface area contributed by atoms with Crippen LogP contribution in [0.25, 0.3) is 0 Å². The molecule has 4 nitrogen and oxygen atoms in total. The maximum absolute atomic E-state index is 13.1. The minimum absolute atomic E-state index is 0.0635. The Morgan fingerprint density at radius 1 is 1.16 bits per heavy atom. The zero-order valence-corrected chi connectivity index (χ0v) is 10.1. The Balaban J connectivity index is 1.72. The number of carboxylic acids is 1. The summed E-state index contributed by atoms with van der Waals surface area (Å²) < 4.78 is 13.1. The third kappa shape index (κ3) is 1.91. The predicted octanol–water partition coefficient (Wildman–Crippen LogP) is 1.55. The molecule has 1 aromatic carbocycles. The first-order valence-electron chi connectivity index (χ1n) is 6.08. The van der Waals surface area contributed by atoms with Crippen LogP contribution in [0.15, 0.2) is 29.6 Å². The molecule has 19 heavy (non-hydrogen) atoms. The number of carbonyl (C=O) groups excluding carboxylic acids is 1. The van der Waals surface area contributed by atoms with Gasteiger partial charge < -0.3 is 10.0 Å². The lowest BCUT2D eigenvalue weighted by atomic mass is 9.87. The predicted molar refractivity (Wildman–Crippen MR) is 65.5 cm³/mol. The third-order valence-electron chi connectivity index (χ3n) is 3.67. The molecule has 3 rings (SSSR count). The highest BCUT2D eigenvalue weighted by Crippen LogP contribution is 2.26. The standard InChI is InChI=1S/C14H12FNO3/c15-12(14(18)19)11-6-16(7-11)13(17)10-4-2-8-1-3-9(8)5-10/h2,4-5H,1,3,6-7H2,(H,18,19). The highest BCUT2D eigenvalue weighted by molar-refractivity contribution is 5.96. The summed E-state index contributed by atoms with van der Waals surface area (Å²) in [4.78, 5) is 24.0. The smallest absolute Gasteiger partial charge is 0.364 e. The van der Waals surface area contributed by atoms with Gasteiger partial charge in [0.15, 0.2) is 0 Å². The molecule has 1 N–H and O–H groups in total. The molecule has 1 aromatic rings. The summed E-state index contributed by atoms with van der Waals surface area (Å²) >= 11 is 0. The number of rotatable bonds is 2. The van der Waals surface area contributed by atoms with Gasteiger partial charge >= 0.3 is 5.97 Å². The van der Waals surface area contributed by atoms with Crippen LogP contribution < -0.4 is 0 Å². The van der Waals surface area contributed by atoms with Crippen molar-refractivity contribution in [1.29, 1.82) is 0 Å². The quantitative estimate of drug-likeness (QED) is 0.822. The molecule has 5 heteroatoms. The van der Waals surface area contributed by atoms with Crippen LogP contribution in [-0.2, 0) is 17.6 Å². The second-order valence-electron chi connectivity index (χ2n) is 4.87. The lowest BCUT2D eigenvalue weighted by Gasteiger charge is -2.34. The van der Waals surface area contributed by atoms with Crippen molar-refractivity contribution in [2.75, 3.05) is 13.1 Å². The van der Waals surface area contributed by atoms with Gasteiger partial charge in [-0.1, -0.05) is 6.07 Å². The van der Waals surface area contributed by atoms with Gasteiger partial charge in [0.05, 0.1) is 0 Å². The molecule has 0 spiro atoms. The van der Waals surface area contributed by atoms with Crippen molar-refractivity contribution in [2.45, 2.75) is 12.8 Å². The van der Waals surface area contributed by atoms with Gasteiger partial charge in [0.1, 0.15) is 0 Å². The van der Waals surface area contributed by atoms with E-state index in [1.807, 2.05) is 12.1 Å². The molecule has 1 amide bonds. The number of nitrogens with zero attached hydrogens (tertiary/aromatic N) is 1. The number of halogens is 1. The molecule has 98 valence electrons. The van der Waals surface area contributed by atoms with Crippen molar-refractivity contribution >= 4 is 11.9 Å². The van der Waals surface area contributed by atoms with E-state index in [1.54, 1.807) is 6.07 Å². The summed E-state index contributed by atoms with van der Waals surface area (Å²) in [5.74, 6) is -2.87. The van der Waals surface area contributed by atoms with E-state index >= 15 is 0 Å². The number of fused-ring (bicyclic) bond motifs is 1. The van der Waals surface area contributed by atoms with Crippen LogP contribution in [0.5, 0.6) is 0 Å². The number of benzene rings is 1. The van der Waals surface area contributed by atoms with Crippen LogP contribution in [-0.4, -0.2) is 35.0 Å². The molecule has 0 aromatic heterocycles. The average Bonchev–Trinajstić information content (AvgIpc) is 2.28. The molecule has 0 bridgehead atoms. The zero-order chi connectivity index (χ0) is 13.6. The van der Waals surface area contributed by atoms with Crippen molar-refractivity contribution in [2.24, 2.45) is 0 Å². The van der Waals surface area contributed by atoms with E-state index in [2.05, 4.69) is 0 Å². The number of likely N-dealkylation sites (tertiary alicyclic amines) is 1. The molecule has 0 radical (unpaired) electrons. The highest BCUT2D eigenvalue weighted by Gasteiger charge is 2.31. The maximum atomic E-state index is 13.1. The number of carboxylic acid groups (broad SMARTS) is 1. The third-order valence-corrected chi connectivity index (χ3v) is 3.67. The van der Waals surface area contributed by atoms with E-state index < -0.39 is 11.8 Å². The van der Waals surface area contributed by atoms with E-state index in [0.29, 0.717) is 5.56 Å². The molecule has 0 unspecified atom stereocenters. The largest absolute Gasteiger partial charge is 0.476 e. The Morgan fingerprint density at radius 2 is 1.84 bits per heavy atom. The monoisotopic (exact) mass is 261 g/mol. The molecule has 0 atom stereocenters. The van der Waals surface area contributed by atoms with Gasteiger partial charge in [-0.2, -0.15) is 4.39 Å². The maximum Gasteiger partial charge on any atom is 0.364 e. The summed E-state index contributed by atoms with van der Waals surface area (Å²) in [6, 6.07) is 5.59. The van der Waals surface area contributed by atoms with E-state index in [1.165, 1.54) is 16.0 Å². The average molecular weight is 261 g/mol. The Hall–Kier alpha value is -2.17. The van der Waals surface area contributed by atoms with Crippen molar-refractivity contribution in [3.63, 3.8) is 0 Å². The van der Waals surface area contributed by atoms with Gasteiger partial charge in [-0.25, -0.2) is 4.79 Å². The number of carbonyl (C=O) groups is 2. The lowest BCUT2D eigenvalue weighted by molar-refractivity contribution is -0.134. The Morgan fingerprint density at radius 3 is 2.37 bits per heavy atom. The van der Waals surface area contributed by atoms with Crippen LogP contribution in [0.4, 0.5) is 4.39 Å². The fraction of sp³-hybridized carbons (Fsp3) is 0.286. The number of hydrogen-bond acceptors (Lipinski definition) is 2. The second-order valence-corrected chi connectivity index (χ2v) is 4.87. The summed E-state index contributed by atoms with van der Waals surface area (Å²) in [7, 11) is 0. The van der Waals surface area contributed by atoms with Gasteiger partial charge in [-0.15, -0.1) is 0 Å². The number of aliphatic carboxylic acids is 1. The first kappa shape index (κ1) is 11.9. The lowest BCUT2D eigenvalue weighted by Crippen LogP contribution is -2.45. The van der Waals surface area contributed by atoms with Crippen molar-refractivity contribution in [1.82, 2.24) is 4.90 Å². The molecule has 0 saturated carbocycles. The first-order valence-corrected chi connectivity index (χ1v) is 6.08. The van der Waals surface area contributed by atoms with E-state index in [9.17, 15) is 14.0 Å². The van der Waals surface area contributed by atoms with E-state index in [-0.39, 0.29) is 24.6 Å². The van der Waals surface area contributed by atoms with Crippen molar-refractivity contribution < 1.29 is 19.1 Å². The topological polar surface area (TPSA) is 57.6 Å². The summed E-state index contributed by atoms with van der Waals surface area (Å²) in [5, 5.41) is 8.50. The summed E-state index contributed by atoms with van der Waals surface area (Å²) in [6.45, 7) is 0.127. The number of amides is 1. The molecule has 1 aliphatic carbocycles. The minimum atomic E-state index is -1.57. The fourth-order valence-electron chi connectivity index (χ4n) is 2.36. The molecule has 1 fully saturated rings. The Bertz CT molecular complexity index is 613. The molecule has 1 saturated heterocycles. The van der Waals surface area contributed by atoms with Gasteiger partial charge in [0, 0.05) is 24.2 Å². The Kier molecular flexibility index (Phi) is 2.62. The molecule has 1 aliphatic heterocycles. The van der Waals surface area contributed by atoms with Gasteiger partial charge in [0.2, 0.25) is 5.83 Å².